The summed E-state index contributed by atoms with van der Waals surface area (Å²) < 4.78 is 0. The molecule has 0 saturated carbocycles. The van der Waals surface area contributed by atoms with E-state index in [1.54, 1.807) is 4.90 Å². The van der Waals surface area contributed by atoms with Crippen molar-refractivity contribution in [3.05, 3.63) is 6.92 Å². The molecule has 1 fully saturated rings. The van der Waals surface area contributed by atoms with Crippen LogP contribution in [0.15, 0.2) is 0 Å². The molecule has 0 aromatic rings. The van der Waals surface area contributed by atoms with E-state index in [0.29, 0.717) is 5.92 Å². The van der Waals surface area contributed by atoms with E-state index in [2.05, 4.69) is 18.9 Å². The van der Waals surface area contributed by atoms with Crippen molar-refractivity contribution in [1.82, 2.24) is 9.80 Å². The van der Waals surface area contributed by atoms with Gasteiger partial charge in [0, 0.05) is 27.1 Å². The first-order chi connectivity index (χ1) is 6.09. The second-order valence-electron chi connectivity index (χ2n) is 4.04. The number of hydrogen-bond donors (Lipinski definition) is 0. The Morgan fingerprint density at radius 3 is 2.92 bits per heavy atom. The van der Waals surface area contributed by atoms with Gasteiger partial charge in [-0.05, 0) is 32.4 Å². The van der Waals surface area contributed by atoms with Gasteiger partial charge >= 0.3 is 0 Å². The average molecular weight is 183 g/mol. The van der Waals surface area contributed by atoms with E-state index < -0.39 is 0 Å². The van der Waals surface area contributed by atoms with Crippen LogP contribution in [0.3, 0.4) is 0 Å². The summed E-state index contributed by atoms with van der Waals surface area (Å²) in [7, 11) is 3.96. The van der Waals surface area contributed by atoms with E-state index in [9.17, 15) is 4.79 Å². The lowest BCUT2D eigenvalue weighted by molar-refractivity contribution is -0.125. The molecule has 1 aliphatic rings. The molecule has 1 heterocycles. The number of carbonyl (C=O) groups excluding carboxylic acids is 1. The Morgan fingerprint density at radius 2 is 2.38 bits per heavy atom. The lowest BCUT2D eigenvalue weighted by atomic mass is 9.98. The van der Waals surface area contributed by atoms with Gasteiger partial charge in [-0.1, -0.05) is 0 Å². The van der Waals surface area contributed by atoms with Gasteiger partial charge in [-0.25, -0.2) is 0 Å². The first-order valence-electron chi connectivity index (χ1n) is 4.85. The number of nitrogens with zero attached hydrogens (tertiary/aromatic N) is 2. The Balaban J connectivity index is 2.31. The zero-order valence-electron chi connectivity index (χ0n) is 8.62. The van der Waals surface area contributed by atoms with Gasteiger partial charge in [0.2, 0.25) is 5.91 Å². The van der Waals surface area contributed by atoms with Crippen molar-refractivity contribution in [2.24, 2.45) is 5.92 Å². The van der Waals surface area contributed by atoms with Gasteiger partial charge in [0.1, 0.15) is 0 Å². The highest BCUT2D eigenvalue weighted by Crippen LogP contribution is 2.15. The molecule has 0 aromatic heterocycles. The van der Waals surface area contributed by atoms with Crippen molar-refractivity contribution in [2.75, 3.05) is 33.7 Å². The molecule has 3 nitrogen and oxygen atoms in total. The van der Waals surface area contributed by atoms with Gasteiger partial charge in [0.05, 0.1) is 0 Å². The molecule has 1 unspecified atom stereocenters. The van der Waals surface area contributed by atoms with Gasteiger partial charge in [0.15, 0.2) is 0 Å². The topological polar surface area (TPSA) is 23.6 Å². The first kappa shape index (κ1) is 10.5. The summed E-state index contributed by atoms with van der Waals surface area (Å²) in [5, 5.41) is 0. The van der Waals surface area contributed by atoms with Crippen LogP contribution in [0.5, 0.6) is 0 Å². The predicted octanol–water partition coefficient (Wildman–Crippen LogP) is 0.621. The predicted molar refractivity (Wildman–Crippen MR) is 53.2 cm³/mol. The van der Waals surface area contributed by atoms with E-state index in [-0.39, 0.29) is 5.91 Å². The molecule has 1 amide bonds. The molecule has 13 heavy (non-hydrogen) atoms. The number of hydrogen-bond acceptors (Lipinski definition) is 2. The summed E-state index contributed by atoms with van der Waals surface area (Å²) in [4.78, 5) is 14.9. The molecule has 0 aliphatic carbocycles. The molecular formula is C10H19N2O. The molecule has 0 spiro atoms. The highest BCUT2D eigenvalue weighted by molar-refractivity contribution is 5.79. The fraction of sp³-hybridized carbons (Fsp3) is 0.800. The summed E-state index contributed by atoms with van der Waals surface area (Å²) in [6.45, 7) is 6.55. The van der Waals surface area contributed by atoms with E-state index in [1.807, 2.05) is 7.05 Å². The van der Waals surface area contributed by atoms with Crippen LogP contribution in [-0.2, 0) is 4.79 Å². The zero-order chi connectivity index (χ0) is 9.84. The van der Waals surface area contributed by atoms with Crippen LogP contribution in [0.4, 0.5) is 0 Å². The van der Waals surface area contributed by atoms with Crippen molar-refractivity contribution in [1.29, 1.82) is 0 Å². The lowest BCUT2D eigenvalue weighted by Crippen LogP contribution is -2.39. The van der Waals surface area contributed by atoms with Gasteiger partial charge in [0.25, 0.3) is 0 Å². The van der Waals surface area contributed by atoms with E-state index in [1.165, 1.54) is 19.4 Å². The van der Waals surface area contributed by atoms with Crippen molar-refractivity contribution < 1.29 is 4.79 Å². The third kappa shape index (κ3) is 3.35. The minimum atomic E-state index is -0.0757. The molecule has 3 heteroatoms. The molecule has 0 N–H and O–H groups in total. The SMILES string of the molecule is [CH2]C(=O)N(C)CC1CCCN(C)C1. The molecule has 0 aromatic carbocycles. The van der Waals surface area contributed by atoms with Crippen molar-refractivity contribution in [2.45, 2.75) is 12.8 Å². The number of likely N-dealkylation sites (tertiary alicyclic amines) is 1. The Bertz CT molecular complexity index is 182. The number of amides is 1. The van der Waals surface area contributed by atoms with E-state index in [4.69, 9.17) is 0 Å². The number of piperidine rings is 1. The maximum Gasteiger partial charge on any atom is 0.222 e. The van der Waals surface area contributed by atoms with Crippen LogP contribution >= 0.6 is 0 Å². The smallest absolute Gasteiger partial charge is 0.222 e. The molecule has 1 saturated heterocycles. The second-order valence-corrected chi connectivity index (χ2v) is 4.04. The lowest BCUT2D eigenvalue weighted by Gasteiger charge is -2.32. The van der Waals surface area contributed by atoms with Crippen LogP contribution in [0.1, 0.15) is 12.8 Å². The van der Waals surface area contributed by atoms with Crippen LogP contribution in [0, 0.1) is 12.8 Å². The Kier molecular flexibility index (Phi) is 3.72. The van der Waals surface area contributed by atoms with Crippen molar-refractivity contribution in [3.63, 3.8) is 0 Å². The molecule has 1 aliphatic heterocycles. The van der Waals surface area contributed by atoms with Crippen LogP contribution in [0.25, 0.3) is 0 Å². The maximum atomic E-state index is 10.9. The van der Waals surface area contributed by atoms with Gasteiger partial charge < -0.3 is 9.80 Å². The fourth-order valence-electron chi connectivity index (χ4n) is 1.91. The summed E-state index contributed by atoms with van der Waals surface area (Å²) in [5.74, 6) is 0.558. The fourth-order valence-corrected chi connectivity index (χ4v) is 1.91. The van der Waals surface area contributed by atoms with Crippen molar-refractivity contribution in [3.8, 4) is 0 Å². The summed E-state index contributed by atoms with van der Waals surface area (Å²) in [5.41, 5.74) is 0. The van der Waals surface area contributed by atoms with Crippen LogP contribution < -0.4 is 0 Å². The minimum absolute atomic E-state index is 0.0757. The Labute approximate surface area is 80.7 Å². The quantitative estimate of drug-likeness (QED) is 0.626. The minimum Gasteiger partial charge on any atom is -0.345 e. The maximum absolute atomic E-state index is 10.9. The van der Waals surface area contributed by atoms with Crippen LogP contribution in [-0.4, -0.2) is 49.4 Å². The van der Waals surface area contributed by atoms with Crippen LogP contribution in [0.2, 0.25) is 0 Å². The van der Waals surface area contributed by atoms with Gasteiger partial charge in [-0.15, -0.1) is 0 Å². The summed E-state index contributed by atoms with van der Waals surface area (Å²) >= 11 is 0. The molecule has 0 bridgehead atoms. The summed E-state index contributed by atoms with van der Waals surface area (Å²) in [6.07, 6.45) is 2.49. The number of carbonyl (C=O) groups is 1. The molecule has 1 radical (unpaired) electrons. The highest BCUT2D eigenvalue weighted by Gasteiger charge is 2.19. The second kappa shape index (κ2) is 4.61. The summed E-state index contributed by atoms with van der Waals surface area (Å²) in [6, 6.07) is 0. The highest BCUT2D eigenvalue weighted by atomic mass is 16.2. The van der Waals surface area contributed by atoms with Crippen molar-refractivity contribution >= 4 is 5.91 Å². The standard InChI is InChI=1S/C10H19N2O/c1-9(13)12(3)8-10-5-4-6-11(2)7-10/h10H,1,4-8H2,2-3H3. The largest absolute Gasteiger partial charge is 0.345 e. The molecular weight excluding hydrogens is 164 g/mol. The van der Waals surface area contributed by atoms with E-state index >= 15 is 0 Å². The van der Waals surface area contributed by atoms with Gasteiger partial charge in [-0.3, -0.25) is 4.79 Å². The monoisotopic (exact) mass is 183 g/mol. The molecule has 1 rings (SSSR count). The first-order valence-corrected chi connectivity index (χ1v) is 4.85. The Morgan fingerprint density at radius 1 is 1.69 bits per heavy atom. The average Bonchev–Trinajstić information content (AvgIpc) is 2.04. The zero-order valence-corrected chi connectivity index (χ0v) is 8.62. The van der Waals surface area contributed by atoms with E-state index in [0.717, 1.165) is 13.1 Å². The normalized spacial score (nSPS) is 24.4. The molecule has 1 atom stereocenters. The number of rotatable bonds is 2. The van der Waals surface area contributed by atoms with Gasteiger partial charge in [-0.2, -0.15) is 0 Å². The third-order valence-corrected chi connectivity index (χ3v) is 2.68. The third-order valence-electron chi connectivity index (χ3n) is 2.68. The Hall–Kier alpha value is -0.570. The molecule has 75 valence electrons.